The van der Waals surface area contributed by atoms with E-state index >= 15 is 0 Å². The number of thiazole rings is 1. The lowest BCUT2D eigenvalue weighted by Gasteiger charge is -2.10. The molecule has 1 aromatic carbocycles. The molecule has 0 saturated carbocycles. The van der Waals surface area contributed by atoms with Crippen LogP contribution in [0.2, 0.25) is 0 Å². The van der Waals surface area contributed by atoms with Crippen molar-refractivity contribution in [1.82, 2.24) is 9.38 Å². The minimum absolute atomic E-state index is 0.0407. The first kappa shape index (κ1) is 16.3. The Bertz CT molecular complexity index is 914. The molecule has 0 bridgehead atoms. The van der Waals surface area contributed by atoms with E-state index in [4.69, 9.17) is 4.74 Å². The summed E-state index contributed by atoms with van der Waals surface area (Å²) in [4.78, 5) is 14.9. The van der Waals surface area contributed by atoms with Gasteiger partial charge in [-0.2, -0.15) is 13.2 Å². The normalized spacial score (nSPS) is 11.8. The summed E-state index contributed by atoms with van der Waals surface area (Å²) >= 11 is 0.937. The van der Waals surface area contributed by atoms with Crippen LogP contribution in [0.25, 0.3) is 16.2 Å². The van der Waals surface area contributed by atoms with E-state index in [2.05, 4.69) is 4.98 Å². The topological polar surface area (TPSA) is 63.8 Å². The number of carboxylic acids is 1. The number of carboxylic acid groups (broad SMARTS) is 1. The Morgan fingerprint density at radius 2 is 2.08 bits per heavy atom. The maximum Gasteiger partial charge on any atom is 0.435 e. The first-order chi connectivity index (χ1) is 11.3. The summed E-state index contributed by atoms with van der Waals surface area (Å²) < 4.78 is 45.8. The van der Waals surface area contributed by atoms with Crippen LogP contribution >= 0.6 is 11.3 Å². The quantitative estimate of drug-likeness (QED) is 0.762. The van der Waals surface area contributed by atoms with Crippen LogP contribution in [0, 0.1) is 0 Å². The van der Waals surface area contributed by atoms with Crippen LogP contribution in [0.1, 0.15) is 23.1 Å². The van der Waals surface area contributed by atoms with Crippen molar-refractivity contribution in [3.05, 3.63) is 41.0 Å². The van der Waals surface area contributed by atoms with Gasteiger partial charge in [-0.15, -0.1) is 11.3 Å². The largest absolute Gasteiger partial charge is 0.493 e. The Morgan fingerprint density at radius 1 is 1.38 bits per heavy atom. The van der Waals surface area contributed by atoms with Gasteiger partial charge >= 0.3 is 12.1 Å². The van der Waals surface area contributed by atoms with Crippen molar-refractivity contribution in [2.75, 3.05) is 6.61 Å². The molecule has 0 amide bonds. The fourth-order valence-electron chi connectivity index (χ4n) is 2.40. The number of fused-ring (bicyclic) bond motifs is 1. The van der Waals surface area contributed by atoms with E-state index in [9.17, 15) is 23.1 Å². The van der Waals surface area contributed by atoms with Gasteiger partial charge in [0.05, 0.1) is 12.3 Å². The van der Waals surface area contributed by atoms with Crippen molar-refractivity contribution in [2.45, 2.75) is 13.1 Å². The van der Waals surface area contributed by atoms with Crippen molar-refractivity contribution in [3.8, 4) is 17.0 Å². The van der Waals surface area contributed by atoms with E-state index in [1.807, 2.05) is 0 Å². The zero-order valence-corrected chi connectivity index (χ0v) is 13.1. The number of nitrogens with zero attached hydrogens (tertiary/aromatic N) is 2. The number of rotatable bonds is 4. The second-order valence-corrected chi connectivity index (χ2v) is 5.62. The summed E-state index contributed by atoms with van der Waals surface area (Å²) in [6.07, 6.45) is -4.85. The highest BCUT2D eigenvalue weighted by molar-refractivity contribution is 7.15. The molecule has 0 saturated heterocycles. The maximum atomic E-state index is 13.1. The molecule has 24 heavy (non-hydrogen) atoms. The van der Waals surface area contributed by atoms with Crippen LogP contribution in [-0.2, 0) is 6.18 Å². The van der Waals surface area contributed by atoms with Crippen molar-refractivity contribution in [2.24, 2.45) is 0 Å². The summed E-state index contributed by atoms with van der Waals surface area (Å²) in [6.45, 7) is 2.15. The number of aromatic carboxylic acids is 1. The SMILES string of the molecule is CCOc1ccccc1-c1csc2nc(C(F)(F)F)c(C(=O)O)n12. The molecule has 0 unspecified atom stereocenters. The van der Waals surface area contributed by atoms with Crippen molar-refractivity contribution in [3.63, 3.8) is 0 Å². The molecule has 0 aliphatic carbocycles. The third-order valence-electron chi connectivity index (χ3n) is 3.30. The minimum Gasteiger partial charge on any atom is -0.493 e. The van der Waals surface area contributed by atoms with Gasteiger partial charge in [-0.3, -0.25) is 4.40 Å². The number of para-hydroxylation sites is 1. The monoisotopic (exact) mass is 356 g/mol. The molecule has 0 atom stereocenters. The summed E-state index contributed by atoms with van der Waals surface area (Å²) in [6, 6.07) is 6.75. The van der Waals surface area contributed by atoms with Gasteiger partial charge in [0, 0.05) is 10.9 Å². The van der Waals surface area contributed by atoms with Crippen molar-refractivity contribution in [1.29, 1.82) is 0 Å². The number of ether oxygens (including phenoxy) is 1. The third-order valence-corrected chi connectivity index (χ3v) is 4.12. The van der Waals surface area contributed by atoms with Gasteiger partial charge in [-0.05, 0) is 19.1 Å². The van der Waals surface area contributed by atoms with Crippen LogP contribution in [0.3, 0.4) is 0 Å². The molecule has 5 nitrogen and oxygen atoms in total. The van der Waals surface area contributed by atoms with Crippen LogP contribution in [0.15, 0.2) is 29.6 Å². The highest BCUT2D eigenvalue weighted by Crippen LogP contribution is 2.38. The fraction of sp³-hybridized carbons (Fsp3) is 0.200. The molecule has 0 spiro atoms. The van der Waals surface area contributed by atoms with E-state index in [1.54, 1.807) is 36.6 Å². The lowest BCUT2D eigenvalue weighted by atomic mass is 10.1. The average molecular weight is 356 g/mol. The Morgan fingerprint density at radius 3 is 2.71 bits per heavy atom. The minimum atomic E-state index is -4.85. The van der Waals surface area contributed by atoms with Crippen molar-refractivity contribution >= 4 is 22.3 Å². The molecule has 2 aromatic heterocycles. The number of benzene rings is 1. The Labute approximate surface area is 137 Å². The molecule has 126 valence electrons. The summed E-state index contributed by atoms with van der Waals surface area (Å²) in [7, 11) is 0. The maximum absolute atomic E-state index is 13.1. The standard InChI is InChI=1S/C15H11F3N2O3S/c1-2-23-10-6-4-3-5-8(10)9-7-24-14-19-12(15(16,17)18)11(13(21)22)20(9)14/h3-7H,2H2,1H3,(H,21,22). The number of imidazole rings is 1. The van der Waals surface area contributed by atoms with Gasteiger partial charge in [-0.1, -0.05) is 12.1 Å². The number of hydrogen-bond donors (Lipinski definition) is 1. The lowest BCUT2D eigenvalue weighted by molar-refractivity contribution is -0.141. The number of alkyl halides is 3. The molecule has 0 aliphatic heterocycles. The molecule has 0 radical (unpaired) electrons. The highest BCUT2D eigenvalue weighted by atomic mass is 32.1. The van der Waals surface area contributed by atoms with Crippen LogP contribution in [0.5, 0.6) is 5.75 Å². The van der Waals surface area contributed by atoms with Gasteiger partial charge < -0.3 is 9.84 Å². The highest BCUT2D eigenvalue weighted by Gasteiger charge is 2.41. The van der Waals surface area contributed by atoms with E-state index < -0.39 is 23.5 Å². The van der Waals surface area contributed by atoms with E-state index in [0.29, 0.717) is 23.6 Å². The first-order valence-electron chi connectivity index (χ1n) is 6.87. The summed E-state index contributed by atoms with van der Waals surface area (Å²) in [5.41, 5.74) is -1.52. The molecular formula is C15H11F3N2O3S. The zero-order chi connectivity index (χ0) is 17.5. The second-order valence-electron chi connectivity index (χ2n) is 4.78. The van der Waals surface area contributed by atoms with Gasteiger partial charge in [0.2, 0.25) is 0 Å². The first-order valence-corrected chi connectivity index (χ1v) is 7.75. The van der Waals surface area contributed by atoms with E-state index in [0.717, 1.165) is 15.7 Å². The fourth-order valence-corrected chi connectivity index (χ4v) is 3.29. The van der Waals surface area contributed by atoms with Crippen LogP contribution in [0.4, 0.5) is 13.2 Å². The Hall–Kier alpha value is -2.55. The molecule has 3 aromatic rings. The van der Waals surface area contributed by atoms with Crippen LogP contribution < -0.4 is 4.74 Å². The molecular weight excluding hydrogens is 345 g/mol. The molecule has 9 heteroatoms. The van der Waals surface area contributed by atoms with Gasteiger partial charge in [0.1, 0.15) is 5.75 Å². The molecule has 2 heterocycles. The van der Waals surface area contributed by atoms with Gasteiger partial charge in [0.25, 0.3) is 0 Å². The summed E-state index contributed by atoms with van der Waals surface area (Å²) in [5, 5.41) is 10.9. The molecule has 0 aliphatic rings. The Kier molecular flexibility index (Phi) is 3.96. The predicted octanol–water partition coefficient (Wildman–Crippen LogP) is 4.18. The van der Waals surface area contributed by atoms with Gasteiger partial charge in [0.15, 0.2) is 16.3 Å². The number of hydrogen-bond acceptors (Lipinski definition) is 4. The van der Waals surface area contributed by atoms with Crippen molar-refractivity contribution < 1.29 is 27.8 Å². The average Bonchev–Trinajstić information content (AvgIpc) is 3.06. The number of halogens is 3. The van der Waals surface area contributed by atoms with E-state index in [-0.39, 0.29) is 4.96 Å². The third kappa shape index (κ3) is 2.60. The Balaban J connectivity index is 2.32. The van der Waals surface area contributed by atoms with E-state index in [1.165, 1.54) is 0 Å². The predicted molar refractivity (Wildman–Crippen MR) is 81.6 cm³/mol. The molecule has 0 fully saturated rings. The second kappa shape index (κ2) is 5.82. The zero-order valence-electron chi connectivity index (χ0n) is 12.3. The lowest BCUT2D eigenvalue weighted by Crippen LogP contribution is -2.14. The smallest absolute Gasteiger partial charge is 0.435 e. The summed E-state index contributed by atoms with van der Waals surface area (Å²) in [5.74, 6) is -1.23. The van der Waals surface area contributed by atoms with Gasteiger partial charge in [-0.25, -0.2) is 9.78 Å². The molecule has 1 N–H and O–H groups in total. The molecule has 3 rings (SSSR count). The number of carbonyl (C=O) groups is 1. The number of aromatic nitrogens is 2. The van der Waals surface area contributed by atoms with Crippen LogP contribution in [-0.4, -0.2) is 27.1 Å².